The van der Waals surface area contributed by atoms with Gasteiger partial charge in [-0.05, 0) is 42.7 Å². The van der Waals surface area contributed by atoms with Gasteiger partial charge in [-0.2, -0.15) is 0 Å². The van der Waals surface area contributed by atoms with E-state index in [1.807, 2.05) is 0 Å². The van der Waals surface area contributed by atoms with Gasteiger partial charge in [-0.25, -0.2) is 13.2 Å². The van der Waals surface area contributed by atoms with E-state index in [1.54, 1.807) is 12.1 Å². The van der Waals surface area contributed by atoms with Crippen LogP contribution < -0.4 is 5.32 Å². The Balaban J connectivity index is 1.89. The molecule has 114 valence electrons. The van der Waals surface area contributed by atoms with E-state index in [2.05, 4.69) is 5.32 Å². The maximum atomic E-state index is 13.7. The van der Waals surface area contributed by atoms with Gasteiger partial charge in [0.2, 0.25) is 5.91 Å². The summed E-state index contributed by atoms with van der Waals surface area (Å²) in [6, 6.07) is 8.87. The highest BCUT2D eigenvalue weighted by Gasteiger charge is 2.45. The molecule has 0 heterocycles. The predicted octanol–water partition coefficient (Wildman–Crippen LogP) is 4.16. The molecule has 0 aromatic heterocycles. The summed E-state index contributed by atoms with van der Waals surface area (Å²) in [6.45, 7) is 0. The number of hydrogen-bond donors (Lipinski definition) is 1. The molecule has 0 aliphatic heterocycles. The average Bonchev–Trinajstić information content (AvgIpc) is 2.41. The van der Waals surface area contributed by atoms with Crippen LogP contribution in [0.15, 0.2) is 42.5 Å². The molecule has 2 aromatic carbocycles. The molecule has 0 radical (unpaired) electrons. The molecule has 1 aliphatic rings. The van der Waals surface area contributed by atoms with Gasteiger partial charge in [0, 0.05) is 6.07 Å². The van der Waals surface area contributed by atoms with E-state index in [1.165, 1.54) is 18.2 Å². The second-order valence-corrected chi connectivity index (χ2v) is 5.52. The van der Waals surface area contributed by atoms with Crippen molar-refractivity contribution in [3.8, 4) is 0 Å². The summed E-state index contributed by atoms with van der Waals surface area (Å²) in [5.74, 6) is -2.35. The van der Waals surface area contributed by atoms with E-state index in [9.17, 15) is 18.0 Å². The zero-order valence-corrected chi connectivity index (χ0v) is 11.7. The third-order valence-corrected chi connectivity index (χ3v) is 4.20. The van der Waals surface area contributed by atoms with Crippen molar-refractivity contribution >= 4 is 11.6 Å². The lowest BCUT2D eigenvalue weighted by molar-refractivity contribution is -0.124. The smallest absolute Gasteiger partial charge is 0.235 e. The largest absolute Gasteiger partial charge is 0.323 e. The molecule has 0 saturated heterocycles. The molecule has 5 heteroatoms. The molecular formula is C17H14F3NO. The zero-order valence-electron chi connectivity index (χ0n) is 11.7. The van der Waals surface area contributed by atoms with Gasteiger partial charge in [0.1, 0.15) is 17.5 Å². The zero-order chi connectivity index (χ0) is 15.7. The highest BCUT2D eigenvalue weighted by Crippen LogP contribution is 2.44. The number of benzene rings is 2. The summed E-state index contributed by atoms with van der Waals surface area (Å²) in [5.41, 5.74) is -0.337. The molecule has 0 atom stereocenters. The summed E-state index contributed by atoms with van der Waals surface area (Å²) < 4.78 is 40.0. The third-order valence-electron chi connectivity index (χ3n) is 4.20. The van der Waals surface area contributed by atoms with Crippen molar-refractivity contribution in [1.29, 1.82) is 0 Å². The number of nitrogens with one attached hydrogen (secondary N) is 1. The molecule has 2 aromatic rings. The van der Waals surface area contributed by atoms with Crippen molar-refractivity contribution in [2.24, 2.45) is 0 Å². The molecule has 1 saturated carbocycles. The minimum Gasteiger partial charge on any atom is -0.323 e. The lowest BCUT2D eigenvalue weighted by Gasteiger charge is -2.40. The summed E-state index contributed by atoms with van der Waals surface area (Å²) >= 11 is 0. The van der Waals surface area contributed by atoms with Crippen LogP contribution in [0.5, 0.6) is 0 Å². The fourth-order valence-corrected chi connectivity index (χ4v) is 2.80. The van der Waals surface area contributed by atoms with E-state index in [0.717, 1.165) is 12.5 Å². The monoisotopic (exact) mass is 305 g/mol. The fraction of sp³-hybridized carbons (Fsp3) is 0.235. The van der Waals surface area contributed by atoms with Gasteiger partial charge in [-0.15, -0.1) is 0 Å². The highest BCUT2D eigenvalue weighted by atomic mass is 19.1. The van der Waals surface area contributed by atoms with E-state index in [0.29, 0.717) is 24.5 Å². The van der Waals surface area contributed by atoms with Crippen molar-refractivity contribution in [3.05, 3.63) is 65.5 Å². The summed E-state index contributed by atoms with van der Waals surface area (Å²) in [4.78, 5) is 12.6. The first-order valence-corrected chi connectivity index (χ1v) is 7.04. The Bertz CT molecular complexity index is 726. The Hall–Kier alpha value is -2.30. The van der Waals surface area contributed by atoms with Crippen LogP contribution in [0.3, 0.4) is 0 Å². The van der Waals surface area contributed by atoms with Crippen LogP contribution >= 0.6 is 0 Å². The number of anilines is 1. The topological polar surface area (TPSA) is 29.1 Å². The molecule has 22 heavy (non-hydrogen) atoms. The van der Waals surface area contributed by atoms with Crippen LogP contribution in [-0.4, -0.2) is 5.91 Å². The third kappa shape index (κ3) is 2.47. The maximum absolute atomic E-state index is 13.7. The van der Waals surface area contributed by atoms with E-state index < -0.39 is 28.8 Å². The Morgan fingerprint density at radius 2 is 1.73 bits per heavy atom. The number of halogens is 3. The van der Waals surface area contributed by atoms with Crippen LogP contribution in [0.1, 0.15) is 24.8 Å². The first-order chi connectivity index (χ1) is 10.5. The molecule has 1 fully saturated rings. The SMILES string of the molecule is O=C(Nc1ccc(F)cc1F)C1(c2cccc(F)c2)CCC1. The van der Waals surface area contributed by atoms with Gasteiger partial charge in [0.05, 0.1) is 11.1 Å². The van der Waals surface area contributed by atoms with Gasteiger partial charge in [0.25, 0.3) is 0 Å². The van der Waals surface area contributed by atoms with Gasteiger partial charge >= 0.3 is 0 Å². The summed E-state index contributed by atoms with van der Waals surface area (Å²) in [6.07, 6.45) is 1.99. The number of amides is 1. The number of carbonyl (C=O) groups excluding carboxylic acids is 1. The van der Waals surface area contributed by atoms with Crippen molar-refractivity contribution < 1.29 is 18.0 Å². The standard InChI is InChI=1S/C17H14F3NO/c18-12-4-1-3-11(9-12)17(7-2-8-17)16(22)21-15-6-5-13(19)10-14(15)20/h1,3-6,9-10H,2,7-8H2,(H,21,22). The Morgan fingerprint density at radius 1 is 1.00 bits per heavy atom. The molecule has 0 spiro atoms. The molecule has 1 aliphatic carbocycles. The summed E-state index contributed by atoms with van der Waals surface area (Å²) in [7, 11) is 0. The number of hydrogen-bond acceptors (Lipinski definition) is 1. The minimum absolute atomic E-state index is 0.0749. The molecule has 1 N–H and O–H groups in total. The van der Waals surface area contributed by atoms with Gasteiger partial charge in [-0.3, -0.25) is 4.79 Å². The molecule has 0 bridgehead atoms. The van der Waals surface area contributed by atoms with E-state index >= 15 is 0 Å². The summed E-state index contributed by atoms with van der Waals surface area (Å²) in [5, 5.41) is 2.50. The van der Waals surface area contributed by atoms with Crippen molar-refractivity contribution in [2.45, 2.75) is 24.7 Å². The molecule has 3 rings (SSSR count). The van der Waals surface area contributed by atoms with Crippen LogP contribution in [0.2, 0.25) is 0 Å². The lowest BCUT2D eigenvalue weighted by Crippen LogP contribution is -2.46. The van der Waals surface area contributed by atoms with Crippen molar-refractivity contribution in [1.82, 2.24) is 0 Å². The van der Waals surface area contributed by atoms with Gasteiger partial charge in [0.15, 0.2) is 0 Å². The first-order valence-electron chi connectivity index (χ1n) is 7.04. The number of carbonyl (C=O) groups is 1. The quantitative estimate of drug-likeness (QED) is 0.906. The molecule has 1 amide bonds. The second-order valence-electron chi connectivity index (χ2n) is 5.52. The Labute approximate surface area is 126 Å². The van der Waals surface area contributed by atoms with Gasteiger partial charge in [-0.1, -0.05) is 18.6 Å². The van der Waals surface area contributed by atoms with Crippen LogP contribution in [0.25, 0.3) is 0 Å². The second kappa shape index (κ2) is 5.48. The fourth-order valence-electron chi connectivity index (χ4n) is 2.80. The van der Waals surface area contributed by atoms with E-state index in [4.69, 9.17) is 0 Å². The predicted molar refractivity (Wildman–Crippen MR) is 76.9 cm³/mol. The Morgan fingerprint density at radius 3 is 2.32 bits per heavy atom. The van der Waals surface area contributed by atoms with Crippen molar-refractivity contribution in [3.63, 3.8) is 0 Å². The van der Waals surface area contributed by atoms with E-state index in [-0.39, 0.29) is 5.69 Å². The first kappa shape index (κ1) is 14.6. The molecule has 2 nitrogen and oxygen atoms in total. The Kier molecular flexibility index (Phi) is 3.64. The average molecular weight is 305 g/mol. The van der Waals surface area contributed by atoms with Crippen LogP contribution in [0.4, 0.5) is 18.9 Å². The van der Waals surface area contributed by atoms with Crippen LogP contribution in [-0.2, 0) is 10.2 Å². The molecule has 0 unspecified atom stereocenters. The van der Waals surface area contributed by atoms with Crippen LogP contribution in [0, 0.1) is 17.5 Å². The lowest BCUT2D eigenvalue weighted by atomic mass is 9.63. The maximum Gasteiger partial charge on any atom is 0.235 e. The minimum atomic E-state index is -0.844. The molecular weight excluding hydrogens is 291 g/mol. The normalized spacial score (nSPS) is 16.0. The van der Waals surface area contributed by atoms with Crippen molar-refractivity contribution in [2.75, 3.05) is 5.32 Å². The van der Waals surface area contributed by atoms with Gasteiger partial charge < -0.3 is 5.32 Å². The number of rotatable bonds is 3. The highest BCUT2D eigenvalue weighted by molar-refractivity contribution is 6.00.